The Hall–Kier alpha value is -1.19. The van der Waals surface area contributed by atoms with Crippen molar-refractivity contribution in [2.45, 2.75) is 77.0 Å². The first-order chi connectivity index (χ1) is 12.7. The maximum Gasteiger partial charge on any atom is 0.0406 e. The van der Waals surface area contributed by atoms with Crippen molar-refractivity contribution in [1.29, 1.82) is 0 Å². The van der Waals surface area contributed by atoms with Crippen LogP contribution < -0.4 is 0 Å². The van der Waals surface area contributed by atoms with Gasteiger partial charge < -0.3 is 0 Å². The lowest BCUT2D eigenvalue weighted by atomic mass is 9.79. The number of benzene rings is 1. The minimum Gasteiger partial charge on any atom is -0.0951 e. The third-order valence-electron chi connectivity index (χ3n) is 6.40. The van der Waals surface area contributed by atoms with E-state index in [1.807, 2.05) is 12.1 Å². The maximum atomic E-state index is 6.00. The standard InChI is InChI=1S/C25H33Cl/c1-2-5-20-8-10-21(11-9-20)6-3-4-7-22-12-14-23(15-13-22)24-16-18-25(26)19-17-24/h3,6,16-23H,2,5,8-15H2,1H3/b6-3+/t20-,21-,22-,23-. The topological polar surface area (TPSA) is 0 Å². The molecule has 1 aromatic rings. The zero-order valence-electron chi connectivity index (χ0n) is 16.2. The van der Waals surface area contributed by atoms with Gasteiger partial charge in [-0.3, -0.25) is 0 Å². The Labute approximate surface area is 165 Å². The molecule has 2 aliphatic rings. The van der Waals surface area contributed by atoms with Crippen molar-refractivity contribution in [3.8, 4) is 11.8 Å². The summed E-state index contributed by atoms with van der Waals surface area (Å²) in [4.78, 5) is 0. The van der Waals surface area contributed by atoms with Crippen LogP contribution in [0.15, 0.2) is 36.4 Å². The Kier molecular flexibility index (Phi) is 7.69. The smallest absolute Gasteiger partial charge is 0.0406 e. The number of hydrogen-bond donors (Lipinski definition) is 0. The van der Waals surface area contributed by atoms with E-state index in [9.17, 15) is 0 Å². The molecule has 3 rings (SSSR count). The molecule has 2 fully saturated rings. The molecule has 0 saturated heterocycles. The average molecular weight is 369 g/mol. The van der Waals surface area contributed by atoms with Crippen molar-refractivity contribution >= 4 is 11.6 Å². The molecule has 0 heterocycles. The highest BCUT2D eigenvalue weighted by Crippen LogP contribution is 2.36. The van der Waals surface area contributed by atoms with Crippen LogP contribution in [0.2, 0.25) is 5.02 Å². The maximum absolute atomic E-state index is 6.00. The summed E-state index contributed by atoms with van der Waals surface area (Å²) in [6.45, 7) is 2.31. The first-order valence-electron chi connectivity index (χ1n) is 10.7. The number of hydrogen-bond acceptors (Lipinski definition) is 0. The molecule has 0 bridgehead atoms. The van der Waals surface area contributed by atoms with E-state index in [0.29, 0.717) is 11.8 Å². The van der Waals surface area contributed by atoms with Crippen molar-refractivity contribution in [3.63, 3.8) is 0 Å². The van der Waals surface area contributed by atoms with Crippen LogP contribution in [0.25, 0.3) is 0 Å². The van der Waals surface area contributed by atoms with Gasteiger partial charge in [0, 0.05) is 10.9 Å². The highest BCUT2D eigenvalue weighted by Gasteiger charge is 2.21. The monoisotopic (exact) mass is 368 g/mol. The van der Waals surface area contributed by atoms with Gasteiger partial charge in [0.25, 0.3) is 0 Å². The van der Waals surface area contributed by atoms with Crippen LogP contribution in [0.4, 0.5) is 0 Å². The van der Waals surface area contributed by atoms with E-state index >= 15 is 0 Å². The predicted molar refractivity (Wildman–Crippen MR) is 113 cm³/mol. The molecule has 2 aliphatic carbocycles. The summed E-state index contributed by atoms with van der Waals surface area (Å²) in [6.07, 6.45) is 17.9. The second-order valence-corrected chi connectivity index (χ2v) is 8.75. The molecule has 26 heavy (non-hydrogen) atoms. The van der Waals surface area contributed by atoms with E-state index in [-0.39, 0.29) is 0 Å². The highest BCUT2D eigenvalue weighted by atomic mass is 35.5. The summed E-state index contributed by atoms with van der Waals surface area (Å²) in [7, 11) is 0. The highest BCUT2D eigenvalue weighted by molar-refractivity contribution is 6.30. The van der Waals surface area contributed by atoms with E-state index < -0.39 is 0 Å². The fraction of sp³-hybridized carbons (Fsp3) is 0.600. The quantitative estimate of drug-likeness (QED) is 0.476. The Morgan fingerprint density at radius 1 is 0.962 bits per heavy atom. The first-order valence-corrected chi connectivity index (χ1v) is 11.1. The summed E-state index contributed by atoms with van der Waals surface area (Å²) in [5, 5.41) is 0.832. The second kappa shape index (κ2) is 10.2. The molecule has 0 nitrogen and oxygen atoms in total. The minimum absolute atomic E-state index is 0.587. The Morgan fingerprint density at radius 3 is 2.31 bits per heavy atom. The molecule has 0 radical (unpaired) electrons. The van der Waals surface area contributed by atoms with E-state index in [1.54, 1.807) is 0 Å². The van der Waals surface area contributed by atoms with Gasteiger partial charge in [-0.05, 0) is 92.9 Å². The molecule has 1 heteroatoms. The zero-order chi connectivity index (χ0) is 18.2. The molecule has 0 spiro atoms. The summed E-state index contributed by atoms with van der Waals surface area (Å²) >= 11 is 6.00. The third-order valence-corrected chi connectivity index (χ3v) is 6.65. The minimum atomic E-state index is 0.587. The van der Waals surface area contributed by atoms with Crippen molar-refractivity contribution < 1.29 is 0 Å². The number of allylic oxidation sites excluding steroid dienone is 2. The molecule has 0 atom stereocenters. The third kappa shape index (κ3) is 5.92. The normalized spacial score (nSPS) is 29.3. The molecule has 0 aromatic heterocycles. The molecule has 2 saturated carbocycles. The number of halogens is 1. The Morgan fingerprint density at radius 2 is 1.65 bits per heavy atom. The van der Waals surface area contributed by atoms with Gasteiger partial charge >= 0.3 is 0 Å². The lowest BCUT2D eigenvalue weighted by Gasteiger charge is -2.26. The van der Waals surface area contributed by atoms with Gasteiger partial charge in [0.05, 0.1) is 0 Å². The molecular formula is C25H33Cl. The van der Waals surface area contributed by atoms with Crippen LogP contribution in [0.5, 0.6) is 0 Å². The summed E-state index contributed by atoms with van der Waals surface area (Å²) in [5.74, 6) is 9.91. The van der Waals surface area contributed by atoms with Crippen molar-refractivity contribution in [2.75, 3.05) is 0 Å². The zero-order valence-corrected chi connectivity index (χ0v) is 17.0. The van der Waals surface area contributed by atoms with Crippen LogP contribution in [-0.2, 0) is 0 Å². The van der Waals surface area contributed by atoms with Gasteiger partial charge in [-0.2, -0.15) is 0 Å². The summed E-state index contributed by atoms with van der Waals surface area (Å²) in [5.41, 5.74) is 1.44. The summed E-state index contributed by atoms with van der Waals surface area (Å²) < 4.78 is 0. The van der Waals surface area contributed by atoms with Crippen LogP contribution in [0, 0.1) is 29.6 Å². The molecule has 0 unspecified atom stereocenters. The van der Waals surface area contributed by atoms with Crippen molar-refractivity contribution in [1.82, 2.24) is 0 Å². The van der Waals surface area contributed by atoms with E-state index in [0.717, 1.165) is 16.9 Å². The molecule has 0 amide bonds. The molecular weight excluding hydrogens is 336 g/mol. The van der Waals surface area contributed by atoms with Gasteiger partial charge in [0.15, 0.2) is 0 Å². The van der Waals surface area contributed by atoms with Gasteiger partial charge in [0.2, 0.25) is 0 Å². The molecule has 140 valence electrons. The fourth-order valence-corrected chi connectivity index (χ4v) is 4.86. The first kappa shape index (κ1) is 19.6. The van der Waals surface area contributed by atoms with Crippen LogP contribution in [0.1, 0.15) is 82.6 Å². The van der Waals surface area contributed by atoms with E-state index in [1.165, 1.54) is 69.8 Å². The van der Waals surface area contributed by atoms with Gasteiger partial charge in [0.1, 0.15) is 0 Å². The average Bonchev–Trinajstić information content (AvgIpc) is 2.68. The lowest BCUT2D eigenvalue weighted by Crippen LogP contribution is -2.12. The SMILES string of the molecule is CCC[C@H]1CC[C@H](/C=C/C#C[C@H]2CC[C@H](c3ccc(Cl)cc3)CC2)CC1. The van der Waals surface area contributed by atoms with Gasteiger partial charge in [-0.15, -0.1) is 0 Å². The largest absolute Gasteiger partial charge is 0.0951 e. The van der Waals surface area contributed by atoms with E-state index in [4.69, 9.17) is 11.6 Å². The van der Waals surface area contributed by atoms with E-state index in [2.05, 4.69) is 43.0 Å². The van der Waals surface area contributed by atoms with Crippen molar-refractivity contribution in [3.05, 3.63) is 47.0 Å². The predicted octanol–water partition coefficient (Wildman–Crippen LogP) is 7.78. The molecule has 0 aliphatic heterocycles. The lowest BCUT2D eigenvalue weighted by molar-refractivity contribution is 0.294. The fourth-order valence-electron chi connectivity index (χ4n) is 4.73. The van der Waals surface area contributed by atoms with Crippen LogP contribution in [0.3, 0.4) is 0 Å². The second-order valence-electron chi connectivity index (χ2n) is 8.32. The van der Waals surface area contributed by atoms with Crippen LogP contribution in [-0.4, -0.2) is 0 Å². The van der Waals surface area contributed by atoms with Crippen LogP contribution >= 0.6 is 11.6 Å². The molecule has 1 aromatic carbocycles. The number of rotatable bonds is 4. The Bertz CT molecular complexity index is 614. The summed E-state index contributed by atoms with van der Waals surface area (Å²) in [6, 6.07) is 8.42. The van der Waals surface area contributed by atoms with Gasteiger partial charge in [-0.25, -0.2) is 0 Å². The Balaban J connectivity index is 1.39. The molecule has 0 N–H and O–H groups in total. The van der Waals surface area contributed by atoms with Crippen molar-refractivity contribution in [2.24, 2.45) is 17.8 Å². The van der Waals surface area contributed by atoms with Gasteiger partial charge in [-0.1, -0.05) is 61.4 Å².